The summed E-state index contributed by atoms with van der Waals surface area (Å²) in [7, 11) is 0. The van der Waals surface area contributed by atoms with Crippen molar-refractivity contribution in [1.82, 2.24) is 4.98 Å². The highest BCUT2D eigenvalue weighted by Crippen LogP contribution is 2.31. The summed E-state index contributed by atoms with van der Waals surface area (Å²) in [6, 6.07) is 0.736. The van der Waals surface area contributed by atoms with Crippen molar-refractivity contribution in [3.63, 3.8) is 0 Å². The van der Waals surface area contributed by atoms with Crippen LogP contribution in [0.25, 0.3) is 0 Å². The zero-order valence-corrected chi connectivity index (χ0v) is 7.58. The molecule has 0 aromatic carbocycles. The molecular formula is C8H9F3N2O2. The van der Waals surface area contributed by atoms with Gasteiger partial charge in [-0.3, -0.25) is 0 Å². The van der Waals surface area contributed by atoms with E-state index in [0.29, 0.717) is 6.20 Å². The smallest absolute Gasteiger partial charge is 0.417 e. The Labute approximate surface area is 83.5 Å². The monoisotopic (exact) mass is 222 g/mol. The molecule has 3 N–H and O–H groups in total. The van der Waals surface area contributed by atoms with Crippen LogP contribution in [0.4, 0.5) is 18.9 Å². The first-order valence-corrected chi connectivity index (χ1v) is 4.01. The minimum atomic E-state index is -4.48. The normalized spacial score (nSPS) is 11.5. The molecule has 0 spiro atoms. The van der Waals surface area contributed by atoms with Gasteiger partial charge in [-0.25, -0.2) is 4.98 Å². The molecule has 1 rings (SSSR count). The second-order valence-corrected chi connectivity index (χ2v) is 2.69. The van der Waals surface area contributed by atoms with Crippen LogP contribution in [0.5, 0.6) is 5.88 Å². The maximum Gasteiger partial charge on any atom is 0.417 e. The molecule has 0 bridgehead atoms. The summed E-state index contributed by atoms with van der Waals surface area (Å²) < 4.78 is 41.3. The van der Waals surface area contributed by atoms with Crippen molar-refractivity contribution >= 4 is 5.69 Å². The lowest BCUT2D eigenvalue weighted by molar-refractivity contribution is -0.137. The van der Waals surface area contributed by atoms with Gasteiger partial charge >= 0.3 is 6.18 Å². The van der Waals surface area contributed by atoms with Crippen LogP contribution in [0, 0.1) is 0 Å². The lowest BCUT2D eigenvalue weighted by Gasteiger charge is -2.10. The first kappa shape index (κ1) is 11.6. The number of halogens is 3. The van der Waals surface area contributed by atoms with E-state index in [1.807, 2.05) is 0 Å². The summed E-state index contributed by atoms with van der Waals surface area (Å²) in [6.45, 7) is -0.329. The molecule has 84 valence electrons. The van der Waals surface area contributed by atoms with Crippen molar-refractivity contribution < 1.29 is 23.0 Å². The molecule has 1 aromatic rings. The van der Waals surface area contributed by atoms with E-state index < -0.39 is 11.7 Å². The van der Waals surface area contributed by atoms with Gasteiger partial charge in [-0.15, -0.1) is 0 Å². The number of anilines is 1. The van der Waals surface area contributed by atoms with Crippen LogP contribution < -0.4 is 10.5 Å². The van der Waals surface area contributed by atoms with E-state index in [-0.39, 0.29) is 24.8 Å². The predicted molar refractivity (Wildman–Crippen MR) is 46.2 cm³/mol. The third kappa shape index (κ3) is 2.98. The molecule has 0 unspecified atom stereocenters. The Morgan fingerprint density at radius 3 is 2.60 bits per heavy atom. The predicted octanol–water partition coefficient (Wildman–Crippen LogP) is 1.05. The Balaban J connectivity index is 2.88. The second-order valence-electron chi connectivity index (χ2n) is 2.69. The minimum Gasteiger partial charge on any atom is -0.474 e. The van der Waals surface area contributed by atoms with Gasteiger partial charge in [-0.05, 0) is 6.07 Å². The van der Waals surface area contributed by atoms with Crippen LogP contribution in [0.3, 0.4) is 0 Å². The Hall–Kier alpha value is -1.50. The van der Waals surface area contributed by atoms with Gasteiger partial charge in [0.15, 0.2) is 0 Å². The SMILES string of the molecule is Nc1cc(C(F)(F)F)cnc1OCCO. The molecule has 0 amide bonds. The fourth-order valence-electron chi connectivity index (χ4n) is 0.887. The van der Waals surface area contributed by atoms with Crippen LogP contribution in [0.2, 0.25) is 0 Å². The summed E-state index contributed by atoms with van der Waals surface area (Å²) in [6.07, 6.45) is -3.85. The van der Waals surface area contributed by atoms with Gasteiger partial charge in [0.25, 0.3) is 0 Å². The number of aliphatic hydroxyl groups excluding tert-OH is 1. The number of pyridine rings is 1. The van der Waals surface area contributed by atoms with Gasteiger partial charge < -0.3 is 15.6 Å². The largest absolute Gasteiger partial charge is 0.474 e. The number of rotatable bonds is 3. The molecule has 0 aliphatic rings. The highest BCUT2D eigenvalue weighted by molar-refractivity contribution is 5.49. The number of nitrogen functional groups attached to an aromatic ring is 1. The van der Waals surface area contributed by atoms with Crippen molar-refractivity contribution in [1.29, 1.82) is 0 Å². The van der Waals surface area contributed by atoms with Crippen molar-refractivity contribution in [2.75, 3.05) is 18.9 Å². The van der Waals surface area contributed by atoms with Gasteiger partial charge in [-0.2, -0.15) is 13.2 Å². The quantitative estimate of drug-likeness (QED) is 0.802. The van der Waals surface area contributed by atoms with Gasteiger partial charge in [0.05, 0.1) is 17.9 Å². The molecule has 1 heterocycles. The van der Waals surface area contributed by atoms with E-state index >= 15 is 0 Å². The summed E-state index contributed by atoms with van der Waals surface area (Å²) in [4.78, 5) is 3.40. The number of alkyl halides is 3. The van der Waals surface area contributed by atoms with Crippen molar-refractivity contribution in [3.05, 3.63) is 17.8 Å². The average Bonchev–Trinajstić information content (AvgIpc) is 2.14. The first-order valence-electron chi connectivity index (χ1n) is 4.01. The Morgan fingerprint density at radius 2 is 2.13 bits per heavy atom. The molecule has 0 saturated heterocycles. The topological polar surface area (TPSA) is 68.4 Å². The molecule has 1 aromatic heterocycles. The highest BCUT2D eigenvalue weighted by atomic mass is 19.4. The maximum atomic E-state index is 12.2. The number of aromatic nitrogens is 1. The molecule has 4 nitrogen and oxygen atoms in total. The number of nitrogens with zero attached hydrogens (tertiary/aromatic N) is 1. The third-order valence-electron chi connectivity index (χ3n) is 1.54. The van der Waals surface area contributed by atoms with Crippen LogP contribution >= 0.6 is 0 Å². The number of aliphatic hydroxyl groups is 1. The van der Waals surface area contributed by atoms with Gasteiger partial charge in [0.1, 0.15) is 6.61 Å². The van der Waals surface area contributed by atoms with Crippen LogP contribution in [0.1, 0.15) is 5.56 Å². The van der Waals surface area contributed by atoms with Gasteiger partial charge in [-0.1, -0.05) is 0 Å². The molecule has 0 fully saturated rings. The Bertz CT molecular complexity index is 341. The van der Waals surface area contributed by atoms with Gasteiger partial charge in [0.2, 0.25) is 5.88 Å². The second kappa shape index (κ2) is 4.35. The van der Waals surface area contributed by atoms with E-state index in [2.05, 4.69) is 4.98 Å². The van der Waals surface area contributed by atoms with E-state index in [1.165, 1.54) is 0 Å². The van der Waals surface area contributed by atoms with Crippen LogP contribution in [-0.2, 0) is 6.18 Å². The number of nitrogens with two attached hydrogens (primary N) is 1. The molecule has 7 heteroatoms. The summed E-state index contributed by atoms with van der Waals surface area (Å²) in [5.74, 6) is -0.114. The third-order valence-corrected chi connectivity index (χ3v) is 1.54. The van der Waals surface area contributed by atoms with E-state index in [9.17, 15) is 13.2 Å². The number of hydrogen-bond donors (Lipinski definition) is 2. The maximum absolute atomic E-state index is 12.2. The molecule has 0 aliphatic carbocycles. The van der Waals surface area contributed by atoms with Crippen molar-refractivity contribution in [2.24, 2.45) is 0 Å². The van der Waals surface area contributed by atoms with Gasteiger partial charge in [0, 0.05) is 6.20 Å². The van der Waals surface area contributed by atoms with Crippen molar-refractivity contribution in [3.8, 4) is 5.88 Å². The summed E-state index contributed by atoms with van der Waals surface area (Å²) >= 11 is 0. The zero-order chi connectivity index (χ0) is 11.5. The Morgan fingerprint density at radius 1 is 1.47 bits per heavy atom. The Kier molecular flexibility index (Phi) is 3.35. The number of hydrogen-bond acceptors (Lipinski definition) is 4. The zero-order valence-electron chi connectivity index (χ0n) is 7.58. The van der Waals surface area contributed by atoms with Crippen molar-refractivity contribution in [2.45, 2.75) is 6.18 Å². The summed E-state index contributed by atoms with van der Waals surface area (Å²) in [5, 5.41) is 8.43. The minimum absolute atomic E-state index is 0.0669. The molecule has 0 radical (unpaired) electrons. The molecule has 15 heavy (non-hydrogen) atoms. The van der Waals surface area contributed by atoms with Crippen LogP contribution in [0.15, 0.2) is 12.3 Å². The van der Waals surface area contributed by atoms with E-state index in [4.69, 9.17) is 15.6 Å². The fourth-order valence-corrected chi connectivity index (χ4v) is 0.887. The fraction of sp³-hybridized carbons (Fsp3) is 0.375. The molecular weight excluding hydrogens is 213 g/mol. The number of ether oxygens (including phenoxy) is 1. The summed E-state index contributed by atoms with van der Waals surface area (Å²) in [5.41, 5.74) is 4.15. The lowest BCUT2D eigenvalue weighted by Crippen LogP contribution is -2.09. The molecule has 0 aliphatic heterocycles. The standard InChI is InChI=1S/C8H9F3N2O2/c9-8(10,11)5-3-6(12)7(13-4-5)15-2-1-14/h3-4,14H,1-2,12H2. The van der Waals surface area contributed by atoms with Crippen LogP contribution in [-0.4, -0.2) is 23.3 Å². The first-order chi connectivity index (χ1) is 6.95. The molecule has 0 atom stereocenters. The molecule has 0 saturated carbocycles. The van der Waals surface area contributed by atoms with E-state index in [0.717, 1.165) is 6.07 Å². The lowest BCUT2D eigenvalue weighted by atomic mass is 10.2. The average molecular weight is 222 g/mol. The highest BCUT2D eigenvalue weighted by Gasteiger charge is 2.31. The van der Waals surface area contributed by atoms with E-state index in [1.54, 1.807) is 0 Å².